The third-order valence-corrected chi connectivity index (χ3v) is 5.72. The molecule has 0 spiro atoms. The Labute approximate surface area is 156 Å². The van der Waals surface area contributed by atoms with Gasteiger partial charge in [0, 0.05) is 17.3 Å². The molecule has 0 saturated heterocycles. The number of sulfone groups is 1. The van der Waals surface area contributed by atoms with Crippen LogP contribution in [0.3, 0.4) is 0 Å². The second-order valence-electron chi connectivity index (χ2n) is 5.69. The van der Waals surface area contributed by atoms with Crippen molar-refractivity contribution in [3.05, 3.63) is 60.3 Å². The predicted octanol–water partition coefficient (Wildman–Crippen LogP) is 3.40. The lowest BCUT2D eigenvalue weighted by atomic mass is 10.1. The molecule has 7 nitrogen and oxygen atoms in total. The molecule has 0 atom stereocenters. The minimum absolute atomic E-state index is 0.0321. The van der Waals surface area contributed by atoms with Gasteiger partial charge in [-0.1, -0.05) is 12.1 Å². The zero-order valence-corrected chi connectivity index (χ0v) is 15.6. The molecule has 1 aromatic heterocycles. The monoisotopic (exact) mass is 386 g/mol. The van der Waals surface area contributed by atoms with Gasteiger partial charge in [-0.05, 0) is 48.5 Å². The molecule has 0 aliphatic carbocycles. The van der Waals surface area contributed by atoms with Gasteiger partial charge in [0.15, 0.2) is 21.3 Å². The summed E-state index contributed by atoms with van der Waals surface area (Å²) in [7, 11) is -1.70. The number of nitrogens with one attached hydrogen (secondary N) is 1. The third kappa shape index (κ3) is 4.17. The number of benzene rings is 2. The van der Waals surface area contributed by atoms with Crippen LogP contribution in [0.25, 0.3) is 11.3 Å². The van der Waals surface area contributed by atoms with E-state index in [0.717, 1.165) is 0 Å². The second kappa shape index (κ2) is 7.63. The lowest BCUT2D eigenvalue weighted by Crippen LogP contribution is -2.11. The van der Waals surface area contributed by atoms with E-state index >= 15 is 0 Å². The number of carbonyl (C=O) groups is 1. The van der Waals surface area contributed by atoms with E-state index in [4.69, 9.17) is 9.26 Å². The molecule has 0 aliphatic heterocycles. The van der Waals surface area contributed by atoms with Gasteiger partial charge in [-0.15, -0.1) is 0 Å². The minimum Gasteiger partial charge on any atom is -0.497 e. The van der Waals surface area contributed by atoms with Gasteiger partial charge in [-0.25, -0.2) is 8.42 Å². The maximum absolute atomic E-state index is 12.3. The highest BCUT2D eigenvalue weighted by Gasteiger charge is 2.16. The smallest absolute Gasteiger partial charge is 0.277 e. The molecule has 3 aromatic rings. The van der Waals surface area contributed by atoms with Crippen molar-refractivity contribution in [3.63, 3.8) is 0 Å². The number of hydrogen-bond donors (Lipinski definition) is 1. The van der Waals surface area contributed by atoms with E-state index in [2.05, 4.69) is 10.5 Å². The van der Waals surface area contributed by atoms with E-state index in [-0.39, 0.29) is 16.3 Å². The summed E-state index contributed by atoms with van der Waals surface area (Å²) in [6, 6.07) is 14.6. The SMILES string of the molecule is CCS(=O)(=O)c1ccc(-c2cc(C(=O)Nc3ccc(OC)cc3)no2)cc1. The fourth-order valence-corrected chi connectivity index (χ4v) is 3.27. The normalized spacial score (nSPS) is 11.2. The van der Waals surface area contributed by atoms with Crippen molar-refractivity contribution >= 4 is 21.4 Å². The summed E-state index contributed by atoms with van der Waals surface area (Å²) in [5.74, 6) is 0.672. The molecule has 1 N–H and O–H groups in total. The highest BCUT2D eigenvalue weighted by atomic mass is 32.2. The first kappa shape index (κ1) is 18.7. The van der Waals surface area contributed by atoms with Crippen molar-refractivity contribution in [3.8, 4) is 17.1 Å². The molecule has 0 fully saturated rings. The molecule has 0 radical (unpaired) electrons. The van der Waals surface area contributed by atoms with E-state index in [0.29, 0.717) is 22.8 Å². The molecule has 2 aromatic carbocycles. The number of rotatable bonds is 6. The highest BCUT2D eigenvalue weighted by Crippen LogP contribution is 2.23. The van der Waals surface area contributed by atoms with Crippen LogP contribution in [-0.2, 0) is 9.84 Å². The van der Waals surface area contributed by atoms with Crippen molar-refractivity contribution < 1.29 is 22.5 Å². The van der Waals surface area contributed by atoms with Crippen molar-refractivity contribution in [2.24, 2.45) is 0 Å². The van der Waals surface area contributed by atoms with Gasteiger partial charge < -0.3 is 14.6 Å². The van der Waals surface area contributed by atoms with Gasteiger partial charge in [-0.2, -0.15) is 0 Å². The van der Waals surface area contributed by atoms with Gasteiger partial charge in [0.1, 0.15) is 5.75 Å². The van der Waals surface area contributed by atoms with Crippen LogP contribution in [0, 0.1) is 0 Å². The predicted molar refractivity (Wildman–Crippen MR) is 101 cm³/mol. The molecular formula is C19H18N2O5S. The summed E-state index contributed by atoms with van der Waals surface area (Å²) < 4.78 is 34.0. The van der Waals surface area contributed by atoms with Crippen LogP contribution in [0.15, 0.2) is 64.0 Å². The molecule has 27 heavy (non-hydrogen) atoms. The zero-order valence-electron chi connectivity index (χ0n) is 14.8. The maximum Gasteiger partial charge on any atom is 0.277 e. The lowest BCUT2D eigenvalue weighted by molar-refractivity contribution is 0.101. The molecule has 0 bridgehead atoms. The number of ether oxygens (including phenoxy) is 1. The standard InChI is InChI=1S/C19H18N2O5S/c1-3-27(23,24)16-10-4-13(5-11-16)18-12-17(21-26-18)19(22)20-14-6-8-15(25-2)9-7-14/h4-12H,3H2,1-2H3,(H,20,22). The number of anilines is 1. The first-order valence-electron chi connectivity index (χ1n) is 8.18. The van der Waals surface area contributed by atoms with E-state index < -0.39 is 15.7 Å². The molecule has 140 valence electrons. The topological polar surface area (TPSA) is 98.5 Å². The van der Waals surface area contributed by atoms with Gasteiger partial charge in [0.25, 0.3) is 5.91 Å². The summed E-state index contributed by atoms with van der Waals surface area (Å²) in [6.07, 6.45) is 0. The Morgan fingerprint density at radius 2 is 1.78 bits per heavy atom. The van der Waals surface area contributed by atoms with Crippen molar-refractivity contribution in [1.29, 1.82) is 0 Å². The summed E-state index contributed by atoms with van der Waals surface area (Å²) in [5, 5.41) is 6.49. The number of nitrogens with zero attached hydrogens (tertiary/aromatic N) is 1. The average Bonchev–Trinajstić information content (AvgIpc) is 3.19. The van der Waals surface area contributed by atoms with Gasteiger partial charge >= 0.3 is 0 Å². The Morgan fingerprint density at radius 3 is 2.37 bits per heavy atom. The van der Waals surface area contributed by atoms with E-state index in [1.54, 1.807) is 50.4 Å². The van der Waals surface area contributed by atoms with Crippen LogP contribution in [0.2, 0.25) is 0 Å². The Balaban J connectivity index is 1.74. The van der Waals surface area contributed by atoms with Crippen LogP contribution in [0.5, 0.6) is 5.75 Å². The molecule has 1 amide bonds. The highest BCUT2D eigenvalue weighted by molar-refractivity contribution is 7.91. The van der Waals surface area contributed by atoms with Crippen molar-refractivity contribution in [1.82, 2.24) is 5.16 Å². The van der Waals surface area contributed by atoms with Crippen LogP contribution < -0.4 is 10.1 Å². The average molecular weight is 386 g/mol. The van der Waals surface area contributed by atoms with E-state index in [9.17, 15) is 13.2 Å². The second-order valence-corrected chi connectivity index (χ2v) is 7.97. The molecule has 3 rings (SSSR count). The minimum atomic E-state index is -3.26. The van der Waals surface area contributed by atoms with Crippen LogP contribution in [0.1, 0.15) is 17.4 Å². The molecule has 1 heterocycles. The molecular weight excluding hydrogens is 368 g/mol. The summed E-state index contributed by atoms with van der Waals surface area (Å²) >= 11 is 0. The van der Waals surface area contributed by atoms with Gasteiger partial charge in [0.05, 0.1) is 17.8 Å². The fraction of sp³-hybridized carbons (Fsp3) is 0.158. The summed E-state index contributed by atoms with van der Waals surface area (Å²) in [6.45, 7) is 1.59. The molecule has 0 saturated carbocycles. The Kier molecular flexibility index (Phi) is 5.27. The zero-order chi connectivity index (χ0) is 19.4. The molecule has 0 unspecified atom stereocenters. The van der Waals surface area contributed by atoms with Crippen molar-refractivity contribution in [2.45, 2.75) is 11.8 Å². The third-order valence-electron chi connectivity index (χ3n) is 3.97. The molecule has 8 heteroatoms. The van der Waals surface area contributed by atoms with E-state index in [1.165, 1.54) is 18.2 Å². The Morgan fingerprint density at radius 1 is 1.11 bits per heavy atom. The quantitative estimate of drug-likeness (QED) is 0.697. The summed E-state index contributed by atoms with van der Waals surface area (Å²) in [5.41, 5.74) is 1.34. The first-order valence-corrected chi connectivity index (χ1v) is 9.83. The summed E-state index contributed by atoms with van der Waals surface area (Å²) in [4.78, 5) is 12.5. The fourth-order valence-electron chi connectivity index (χ4n) is 2.38. The van der Waals surface area contributed by atoms with Crippen molar-refractivity contribution in [2.75, 3.05) is 18.2 Å². The van der Waals surface area contributed by atoms with Crippen LogP contribution in [0.4, 0.5) is 5.69 Å². The van der Waals surface area contributed by atoms with Gasteiger partial charge in [0.2, 0.25) is 0 Å². The number of hydrogen-bond acceptors (Lipinski definition) is 6. The maximum atomic E-state index is 12.3. The van der Waals surface area contributed by atoms with Crippen LogP contribution >= 0.6 is 0 Å². The lowest BCUT2D eigenvalue weighted by Gasteiger charge is -2.04. The number of aromatic nitrogens is 1. The molecule has 0 aliphatic rings. The number of carbonyl (C=O) groups excluding carboxylic acids is 1. The first-order chi connectivity index (χ1) is 12.9. The van der Waals surface area contributed by atoms with E-state index in [1.807, 2.05) is 0 Å². The van der Waals surface area contributed by atoms with Crippen LogP contribution in [-0.4, -0.2) is 32.3 Å². The Bertz CT molecular complexity index is 1040. The number of methoxy groups -OCH3 is 1. The number of amides is 1. The largest absolute Gasteiger partial charge is 0.497 e. The van der Waals surface area contributed by atoms with Gasteiger partial charge in [-0.3, -0.25) is 4.79 Å². The Hall–Kier alpha value is -3.13.